The Morgan fingerprint density at radius 2 is 2.12 bits per heavy atom. The van der Waals surface area contributed by atoms with Crippen LogP contribution in [0.4, 0.5) is 4.79 Å². The molecule has 0 fully saturated rings. The van der Waals surface area contributed by atoms with Crippen LogP contribution in [0.5, 0.6) is 0 Å². The fourth-order valence-corrected chi connectivity index (χ4v) is 1.23. The number of nitrogens with zero attached hydrogens (tertiary/aromatic N) is 1. The molecule has 17 heavy (non-hydrogen) atoms. The maximum absolute atomic E-state index is 11.6. The van der Waals surface area contributed by atoms with E-state index in [0.29, 0.717) is 25.8 Å². The summed E-state index contributed by atoms with van der Waals surface area (Å²) in [6.45, 7) is 6.04. The minimum absolute atomic E-state index is 0.344. The molecule has 0 aliphatic rings. The summed E-state index contributed by atoms with van der Waals surface area (Å²) >= 11 is 0. The normalized spacial score (nSPS) is 12.7. The van der Waals surface area contributed by atoms with Crippen molar-refractivity contribution in [3.05, 3.63) is 0 Å². The van der Waals surface area contributed by atoms with Crippen LogP contribution in [0, 0.1) is 12.3 Å². The number of carbonyl (C=O) groups excluding carboxylic acids is 1. The molecule has 0 saturated heterocycles. The first-order chi connectivity index (χ1) is 7.76. The molecule has 1 amide bonds. The monoisotopic (exact) mass is 241 g/mol. The molecule has 0 rings (SSSR count). The van der Waals surface area contributed by atoms with Gasteiger partial charge in [-0.1, -0.05) is 0 Å². The summed E-state index contributed by atoms with van der Waals surface area (Å²) in [7, 11) is 1.68. The Kier molecular flexibility index (Phi) is 6.67. The van der Waals surface area contributed by atoms with Gasteiger partial charge in [-0.25, -0.2) is 4.79 Å². The van der Waals surface area contributed by atoms with Gasteiger partial charge in [0.05, 0.1) is 6.10 Å². The molecule has 0 aromatic carbocycles. The van der Waals surface area contributed by atoms with Crippen molar-refractivity contribution in [2.24, 2.45) is 0 Å². The van der Waals surface area contributed by atoms with Gasteiger partial charge in [-0.2, -0.15) is 0 Å². The first-order valence-corrected chi connectivity index (χ1v) is 5.82. The number of carbonyl (C=O) groups is 1. The van der Waals surface area contributed by atoms with Gasteiger partial charge in [0.2, 0.25) is 0 Å². The van der Waals surface area contributed by atoms with Crippen molar-refractivity contribution in [2.75, 3.05) is 13.6 Å². The number of rotatable bonds is 5. The molecule has 0 aromatic rings. The number of terminal acetylenes is 1. The summed E-state index contributed by atoms with van der Waals surface area (Å²) in [5, 5.41) is 9.41. The zero-order valence-electron chi connectivity index (χ0n) is 11.2. The Hall–Kier alpha value is -1.21. The molecule has 98 valence electrons. The van der Waals surface area contributed by atoms with Crippen molar-refractivity contribution in [3.63, 3.8) is 0 Å². The minimum atomic E-state index is -0.480. The topological polar surface area (TPSA) is 49.8 Å². The molecule has 1 atom stereocenters. The second-order valence-electron chi connectivity index (χ2n) is 5.11. The van der Waals surface area contributed by atoms with Crippen LogP contribution in [0.3, 0.4) is 0 Å². The third-order valence-electron chi connectivity index (χ3n) is 2.09. The smallest absolute Gasteiger partial charge is 0.410 e. The van der Waals surface area contributed by atoms with Gasteiger partial charge in [-0.15, -0.1) is 12.3 Å². The van der Waals surface area contributed by atoms with Gasteiger partial charge < -0.3 is 14.7 Å². The summed E-state index contributed by atoms with van der Waals surface area (Å²) in [6, 6.07) is 0. The van der Waals surface area contributed by atoms with E-state index in [1.165, 1.54) is 4.90 Å². The Morgan fingerprint density at radius 3 is 2.59 bits per heavy atom. The van der Waals surface area contributed by atoms with Crippen molar-refractivity contribution < 1.29 is 14.6 Å². The first kappa shape index (κ1) is 15.8. The van der Waals surface area contributed by atoms with Gasteiger partial charge in [-0.05, 0) is 33.6 Å². The lowest BCUT2D eigenvalue weighted by molar-refractivity contribution is 0.0289. The third-order valence-corrected chi connectivity index (χ3v) is 2.09. The maximum atomic E-state index is 11.6. The van der Waals surface area contributed by atoms with Crippen LogP contribution in [0.1, 0.15) is 40.0 Å². The zero-order chi connectivity index (χ0) is 13.5. The number of hydrogen-bond donors (Lipinski definition) is 1. The van der Waals surface area contributed by atoms with Crippen LogP contribution in [0.25, 0.3) is 0 Å². The summed E-state index contributed by atoms with van der Waals surface area (Å²) in [5.41, 5.74) is -0.478. The van der Waals surface area contributed by atoms with E-state index in [1.54, 1.807) is 7.05 Å². The molecule has 0 heterocycles. The first-order valence-electron chi connectivity index (χ1n) is 5.82. The van der Waals surface area contributed by atoms with E-state index in [4.69, 9.17) is 11.2 Å². The van der Waals surface area contributed by atoms with E-state index in [2.05, 4.69) is 5.92 Å². The fourth-order valence-electron chi connectivity index (χ4n) is 1.23. The molecule has 0 radical (unpaired) electrons. The van der Waals surface area contributed by atoms with Crippen LogP contribution in [0.2, 0.25) is 0 Å². The largest absolute Gasteiger partial charge is 0.444 e. The number of aliphatic hydroxyl groups excluding tert-OH is 1. The van der Waals surface area contributed by atoms with Crippen molar-refractivity contribution in [2.45, 2.75) is 51.7 Å². The van der Waals surface area contributed by atoms with Crippen LogP contribution >= 0.6 is 0 Å². The van der Waals surface area contributed by atoms with E-state index in [9.17, 15) is 9.90 Å². The lowest BCUT2D eigenvalue weighted by Gasteiger charge is -2.24. The highest BCUT2D eigenvalue weighted by molar-refractivity contribution is 5.67. The molecule has 0 unspecified atom stereocenters. The van der Waals surface area contributed by atoms with Crippen molar-refractivity contribution in [3.8, 4) is 12.3 Å². The molecule has 4 heteroatoms. The number of ether oxygens (including phenoxy) is 1. The van der Waals surface area contributed by atoms with Crippen molar-refractivity contribution in [1.82, 2.24) is 4.90 Å². The van der Waals surface area contributed by atoms with E-state index in [1.807, 2.05) is 20.8 Å². The predicted octanol–water partition coefficient (Wildman–Crippen LogP) is 2.02. The highest BCUT2D eigenvalue weighted by Gasteiger charge is 2.19. The number of amides is 1. The van der Waals surface area contributed by atoms with Gasteiger partial charge in [0.15, 0.2) is 0 Å². The van der Waals surface area contributed by atoms with Crippen LogP contribution < -0.4 is 0 Å². The van der Waals surface area contributed by atoms with Crippen LogP contribution in [-0.4, -0.2) is 41.4 Å². The quantitative estimate of drug-likeness (QED) is 0.749. The highest BCUT2D eigenvalue weighted by Crippen LogP contribution is 2.10. The molecule has 0 spiro atoms. The molecule has 4 nitrogen and oxygen atoms in total. The second-order valence-corrected chi connectivity index (χ2v) is 5.11. The Balaban J connectivity index is 3.83. The van der Waals surface area contributed by atoms with Crippen molar-refractivity contribution >= 4 is 6.09 Å². The van der Waals surface area contributed by atoms with E-state index in [0.717, 1.165) is 0 Å². The van der Waals surface area contributed by atoms with E-state index >= 15 is 0 Å². The number of hydrogen-bond acceptors (Lipinski definition) is 3. The summed E-state index contributed by atoms with van der Waals surface area (Å²) < 4.78 is 5.20. The Morgan fingerprint density at radius 1 is 1.53 bits per heavy atom. The van der Waals surface area contributed by atoms with Crippen molar-refractivity contribution in [1.29, 1.82) is 0 Å². The summed E-state index contributed by atoms with van der Waals surface area (Å²) in [6.07, 6.45) is 5.92. The maximum Gasteiger partial charge on any atom is 0.410 e. The molecule has 0 aliphatic heterocycles. The highest BCUT2D eigenvalue weighted by atomic mass is 16.6. The summed E-state index contributed by atoms with van der Waals surface area (Å²) in [4.78, 5) is 13.1. The van der Waals surface area contributed by atoms with Gasteiger partial charge in [-0.3, -0.25) is 0 Å². The molecule has 0 saturated carbocycles. The molecule has 0 aromatic heterocycles. The predicted molar refractivity (Wildman–Crippen MR) is 67.6 cm³/mol. The molecule has 0 bridgehead atoms. The second kappa shape index (κ2) is 7.18. The average molecular weight is 241 g/mol. The summed E-state index contributed by atoms with van der Waals surface area (Å²) in [5.74, 6) is 2.40. The number of aliphatic hydroxyl groups is 1. The minimum Gasteiger partial charge on any atom is -0.444 e. The van der Waals surface area contributed by atoms with E-state index < -0.39 is 11.7 Å². The van der Waals surface area contributed by atoms with Gasteiger partial charge >= 0.3 is 6.09 Å². The lowest BCUT2D eigenvalue weighted by Crippen LogP contribution is -2.34. The van der Waals surface area contributed by atoms with Crippen LogP contribution in [0.15, 0.2) is 0 Å². The molecule has 1 N–H and O–H groups in total. The molecule has 0 aliphatic carbocycles. The van der Waals surface area contributed by atoms with Gasteiger partial charge in [0, 0.05) is 20.0 Å². The Bertz CT molecular complexity index is 275. The molecular formula is C13H23NO3. The lowest BCUT2D eigenvalue weighted by atomic mass is 10.1. The van der Waals surface area contributed by atoms with E-state index in [-0.39, 0.29) is 6.09 Å². The van der Waals surface area contributed by atoms with Gasteiger partial charge in [0.25, 0.3) is 0 Å². The fraction of sp³-hybridized carbons (Fsp3) is 0.769. The van der Waals surface area contributed by atoms with Crippen LogP contribution in [-0.2, 0) is 4.74 Å². The van der Waals surface area contributed by atoms with Gasteiger partial charge in [0.1, 0.15) is 5.60 Å². The Labute approximate surface area is 104 Å². The zero-order valence-corrected chi connectivity index (χ0v) is 11.2. The average Bonchev–Trinajstić information content (AvgIpc) is 2.15. The SMILES string of the molecule is C#CC[C@H](O)CCCN(C)C(=O)OC(C)(C)C. The molecular weight excluding hydrogens is 218 g/mol. The standard InChI is InChI=1S/C13H23NO3/c1-6-8-11(15)9-7-10-14(5)12(16)17-13(2,3)4/h1,11,15H,7-10H2,2-5H3/t11-/m0/s1. The third kappa shape index (κ3) is 8.58.